The van der Waals surface area contributed by atoms with Gasteiger partial charge in [-0.05, 0) is 0 Å². The number of hydrogen-bond donors (Lipinski definition) is 1. The molecule has 7 heteroatoms. The first-order valence-electron chi connectivity index (χ1n) is 5.44. The monoisotopic (exact) mass is 274 g/mol. The van der Waals surface area contributed by atoms with Crippen LogP contribution in [0.1, 0.15) is 20.8 Å². The van der Waals surface area contributed by atoms with Crippen molar-refractivity contribution in [3.63, 3.8) is 0 Å². The van der Waals surface area contributed by atoms with Crippen LogP contribution >= 0.6 is 14.7 Å². The van der Waals surface area contributed by atoms with Crippen molar-refractivity contribution in [2.45, 2.75) is 20.8 Å². The van der Waals surface area contributed by atoms with E-state index in [-0.39, 0.29) is 5.90 Å². The van der Waals surface area contributed by atoms with Crippen LogP contribution in [0.3, 0.4) is 0 Å². The van der Waals surface area contributed by atoms with E-state index in [0.29, 0.717) is 19.8 Å². The number of hydrogen-bond acceptors (Lipinski definition) is 5. The fourth-order valence-electron chi connectivity index (χ4n) is 1.68. The first kappa shape index (κ1) is 16.5. The van der Waals surface area contributed by atoms with Gasteiger partial charge in [0.1, 0.15) is 0 Å². The molecule has 0 radical (unpaired) electrons. The summed E-state index contributed by atoms with van der Waals surface area (Å²) in [4.78, 5) is 10.5. The molecule has 0 aliphatic heterocycles. The summed E-state index contributed by atoms with van der Waals surface area (Å²) in [6.07, 6.45) is 0. The van der Waals surface area contributed by atoms with E-state index >= 15 is 0 Å². The van der Waals surface area contributed by atoms with E-state index in [9.17, 15) is 9.46 Å². The molecular weight excluding hydrogens is 250 g/mol. The molecule has 0 aliphatic carbocycles. The minimum absolute atomic E-state index is 0.0614. The Morgan fingerprint density at radius 1 is 1.12 bits per heavy atom. The Labute approximate surface area is 98.1 Å². The van der Waals surface area contributed by atoms with Gasteiger partial charge in [-0.2, -0.15) is 0 Å². The van der Waals surface area contributed by atoms with Crippen LogP contribution in [0, 0.1) is 0 Å². The van der Waals surface area contributed by atoms with E-state index in [1.54, 1.807) is 20.8 Å². The second-order valence-electron chi connectivity index (χ2n) is 3.93. The van der Waals surface area contributed by atoms with E-state index < -0.39 is 14.7 Å². The molecule has 0 saturated carbocycles. The summed E-state index contributed by atoms with van der Waals surface area (Å²) in [5, 5.41) is 0. The van der Waals surface area contributed by atoms with Crippen molar-refractivity contribution in [3.05, 3.63) is 0 Å². The van der Waals surface area contributed by atoms with E-state index in [0.717, 1.165) is 0 Å². The van der Waals surface area contributed by atoms with Crippen LogP contribution in [0.15, 0.2) is 0 Å². The molecule has 0 aliphatic rings. The van der Waals surface area contributed by atoms with Crippen molar-refractivity contribution in [3.8, 4) is 0 Å². The Hall–Kier alpha value is 0.500. The Morgan fingerprint density at radius 2 is 1.56 bits per heavy atom. The molecule has 100 valence electrons. The van der Waals surface area contributed by atoms with Crippen molar-refractivity contribution in [2.24, 2.45) is 0 Å². The normalized spacial score (nSPS) is 18.8. The minimum atomic E-state index is -3.78. The van der Waals surface area contributed by atoms with Crippen molar-refractivity contribution >= 4 is 14.7 Å². The van der Waals surface area contributed by atoms with Gasteiger partial charge >= 0.3 is 97.5 Å². The molecule has 0 aromatic heterocycles. The summed E-state index contributed by atoms with van der Waals surface area (Å²) in [6.45, 7) is 9.28. The fourth-order valence-corrected chi connectivity index (χ4v) is 9.25. The van der Waals surface area contributed by atoms with Gasteiger partial charge in [-0.15, -0.1) is 0 Å². The van der Waals surface area contributed by atoms with E-state index in [4.69, 9.17) is 13.6 Å². The third-order valence-corrected chi connectivity index (χ3v) is 9.16. The third kappa shape index (κ3) is 5.72. The summed E-state index contributed by atoms with van der Waals surface area (Å²) in [5.41, 5.74) is 0. The quantitative estimate of drug-likeness (QED) is 0.689. The molecule has 5 nitrogen and oxygen atoms in total. The summed E-state index contributed by atoms with van der Waals surface area (Å²) >= 11 is 0. The van der Waals surface area contributed by atoms with Gasteiger partial charge in [0.05, 0.1) is 0 Å². The van der Waals surface area contributed by atoms with Crippen molar-refractivity contribution < 1.29 is 23.0 Å². The SMILES string of the molecule is CCOP(C)(=O)CP(C)(O)(OCC)OCC. The van der Waals surface area contributed by atoms with E-state index in [1.165, 1.54) is 13.3 Å². The molecule has 1 N–H and O–H groups in total. The molecule has 0 heterocycles. The average Bonchev–Trinajstić information content (AvgIpc) is 2.00. The van der Waals surface area contributed by atoms with Crippen LogP contribution in [-0.2, 0) is 18.1 Å². The van der Waals surface area contributed by atoms with Gasteiger partial charge in [-0.1, -0.05) is 0 Å². The molecule has 0 aromatic rings. The van der Waals surface area contributed by atoms with E-state index in [2.05, 4.69) is 0 Å². The molecule has 16 heavy (non-hydrogen) atoms. The zero-order valence-electron chi connectivity index (χ0n) is 10.8. The summed E-state index contributed by atoms with van der Waals surface area (Å²) in [5.74, 6) is -0.0614. The molecule has 0 saturated heterocycles. The van der Waals surface area contributed by atoms with Crippen LogP contribution in [-0.4, -0.2) is 43.9 Å². The number of rotatable bonds is 8. The standard InChI is InChI=1S/C9H24O5P2/c1-6-12-15(4,10)9-16(5,11,13-7-2)14-8-3/h11H,6-9H2,1-5H3. The zero-order valence-corrected chi connectivity index (χ0v) is 12.6. The van der Waals surface area contributed by atoms with Crippen LogP contribution in [0.5, 0.6) is 0 Å². The van der Waals surface area contributed by atoms with Gasteiger partial charge in [-0.3, -0.25) is 0 Å². The van der Waals surface area contributed by atoms with Crippen molar-refractivity contribution in [1.82, 2.24) is 0 Å². The molecule has 0 aromatic carbocycles. The molecule has 0 fully saturated rings. The van der Waals surface area contributed by atoms with Crippen LogP contribution in [0.4, 0.5) is 0 Å². The van der Waals surface area contributed by atoms with E-state index in [1.807, 2.05) is 0 Å². The second-order valence-corrected chi connectivity index (χ2v) is 10.9. The van der Waals surface area contributed by atoms with Crippen LogP contribution < -0.4 is 0 Å². The molecule has 0 amide bonds. The van der Waals surface area contributed by atoms with Crippen molar-refractivity contribution in [2.75, 3.05) is 39.1 Å². The Kier molecular flexibility index (Phi) is 6.09. The predicted octanol–water partition coefficient (Wildman–Crippen LogP) is 2.88. The molecule has 0 bridgehead atoms. The molecular formula is C9H24O5P2. The molecule has 1 atom stereocenters. The average molecular weight is 274 g/mol. The summed E-state index contributed by atoms with van der Waals surface area (Å²) < 4.78 is 27.9. The van der Waals surface area contributed by atoms with Gasteiger partial charge in [0.15, 0.2) is 0 Å². The summed E-state index contributed by atoms with van der Waals surface area (Å²) in [6, 6.07) is 0. The van der Waals surface area contributed by atoms with Gasteiger partial charge in [0, 0.05) is 0 Å². The second kappa shape index (κ2) is 5.90. The van der Waals surface area contributed by atoms with Gasteiger partial charge in [0.2, 0.25) is 0 Å². The first-order valence-corrected chi connectivity index (χ1v) is 10.4. The van der Waals surface area contributed by atoms with Crippen LogP contribution in [0.2, 0.25) is 0 Å². The molecule has 1 unspecified atom stereocenters. The third-order valence-electron chi connectivity index (χ3n) is 1.90. The Morgan fingerprint density at radius 3 is 1.88 bits per heavy atom. The predicted molar refractivity (Wildman–Crippen MR) is 68.3 cm³/mol. The van der Waals surface area contributed by atoms with Gasteiger partial charge < -0.3 is 0 Å². The Balaban J connectivity index is 4.86. The topological polar surface area (TPSA) is 65.0 Å². The summed E-state index contributed by atoms with van der Waals surface area (Å²) in [7, 11) is -6.67. The maximum atomic E-state index is 12.1. The molecule has 0 spiro atoms. The first-order chi connectivity index (χ1) is 7.17. The van der Waals surface area contributed by atoms with Gasteiger partial charge in [-0.25, -0.2) is 0 Å². The van der Waals surface area contributed by atoms with Crippen LogP contribution in [0.25, 0.3) is 0 Å². The van der Waals surface area contributed by atoms with Gasteiger partial charge in [0.25, 0.3) is 0 Å². The van der Waals surface area contributed by atoms with Crippen molar-refractivity contribution in [1.29, 1.82) is 0 Å². The Bertz CT molecular complexity index is 257. The maximum absolute atomic E-state index is 12.1. The zero-order chi connectivity index (χ0) is 12.9. The fraction of sp³-hybridized carbons (Fsp3) is 1.00. The molecule has 0 rings (SSSR count).